The Morgan fingerprint density at radius 3 is 2.67 bits per heavy atom. The number of anilines is 2. The third-order valence-electron chi connectivity index (χ3n) is 6.93. The van der Waals surface area contributed by atoms with Crippen LogP contribution in [0.1, 0.15) is 45.5 Å². The van der Waals surface area contributed by atoms with E-state index in [-0.39, 0.29) is 35.8 Å². The second kappa shape index (κ2) is 12.8. The van der Waals surface area contributed by atoms with Crippen molar-refractivity contribution in [3.63, 3.8) is 0 Å². The molecule has 5 N–H and O–H groups in total. The molecule has 0 radical (unpaired) electrons. The Hall–Kier alpha value is -4.79. The van der Waals surface area contributed by atoms with Crippen molar-refractivity contribution in [1.29, 1.82) is 0 Å². The van der Waals surface area contributed by atoms with E-state index in [0.29, 0.717) is 58.7 Å². The summed E-state index contributed by atoms with van der Waals surface area (Å²) in [7, 11) is 3.08. The molecule has 1 unspecified atom stereocenters. The number of aromatic carboxylic acids is 1. The summed E-state index contributed by atoms with van der Waals surface area (Å²) in [4.78, 5) is 32.7. The molecule has 2 aromatic heterocycles. The number of hydrogen-bond donors (Lipinski definition) is 3. The first kappa shape index (κ1) is 30.2. The SMILES string of the molecule is COc1cc(Cc2cnc(N)nc2N)cc(C#Cc2ccc3c(=O)c(C(=O)O)cn(CC4CCCO4)c3c2)c1OC.Cl. The van der Waals surface area contributed by atoms with Crippen LogP contribution < -0.4 is 26.4 Å². The number of ether oxygens (including phenoxy) is 3. The Morgan fingerprint density at radius 2 is 2.00 bits per heavy atom. The van der Waals surface area contributed by atoms with E-state index in [1.807, 2.05) is 12.1 Å². The minimum absolute atomic E-state index is 0. The lowest BCUT2D eigenvalue weighted by atomic mass is 10.0. The van der Waals surface area contributed by atoms with Crippen LogP contribution in [-0.4, -0.2) is 52.5 Å². The van der Waals surface area contributed by atoms with Crippen LogP contribution in [0.5, 0.6) is 11.5 Å². The van der Waals surface area contributed by atoms with E-state index in [0.717, 1.165) is 18.4 Å². The zero-order valence-corrected chi connectivity index (χ0v) is 23.9. The number of carbonyl (C=O) groups is 1. The van der Waals surface area contributed by atoms with Crippen molar-refractivity contribution >= 4 is 41.0 Å². The third kappa shape index (κ3) is 6.25. The third-order valence-corrected chi connectivity index (χ3v) is 6.93. The topological polar surface area (TPSA) is 165 Å². The summed E-state index contributed by atoms with van der Waals surface area (Å²) in [5, 5.41) is 9.91. The van der Waals surface area contributed by atoms with Crippen LogP contribution in [0.4, 0.5) is 11.8 Å². The van der Waals surface area contributed by atoms with Crippen molar-refractivity contribution in [1.82, 2.24) is 14.5 Å². The molecule has 0 spiro atoms. The van der Waals surface area contributed by atoms with Crippen LogP contribution in [-0.2, 0) is 17.7 Å². The molecule has 5 rings (SSSR count). The van der Waals surface area contributed by atoms with E-state index in [9.17, 15) is 14.7 Å². The Balaban J connectivity index is 0.00000405. The van der Waals surface area contributed by atoms with Crippen molar-refractivity contribution < 1.29 is 24.1 Å². The van der Waals surface area contributed by atoms with E-state index in [1.54, 1.807) is 36.1 Å². The van der Waals surface area contributed by atoms with Crippen molar-refractivity contribution in [2.75, 3.05) is 32.3 Å². The molecule has 4 aromatic rings. The van der Waals surface area contributed by atoms with E-state index in [2.05, 4.69) is 21.8 Å². The molecule has 1 saturated heterocycles. The summed E-state index contributed by atoms with van der Waals surface area (Å²) in [6, 6.07) is 8.79. The van der Waals surface area contributed by atoms with Gasteiger partial charge in [0.2, 0.25) is 11.4 Å². The van der Waals surface area contributed by atoms with E-state index in [4.69, 9.17) is 25.7 Å². The van der Waals surface area contributed by atoms with Crippen LogP contribution in [0, 0.1) is 11.8 Å². The fourth-order valence-electron chi connectivity index (χ4n) is 4.93. The van der Waals surface area contributed by atoms with Crippen LogP contribution >= 0.6 is 12.4 Å². The van der Waals surface area contributed by atoms with Crippen LogP contribution in [0.25, 0.3) is 10.9 Å². The number of carboxylic acids is 1. The van der Waals surface area contributed by atoms with Crippen LogP contribution in [0.3, 0.4) is 0 Å². The number of aromatic nitrogens is 3. The van der Waals surface area contributed by atoms with Gasteiger partial charge in [0.25, 0.3) is 0 Å². The molecule has 1 fully saturated rings. The predicted octanol–water partition coefficient (Wildman–Crippen LogP) is 3.26. The van der Waals surface area contributed by atoms with Gasteiger partial charge in [-0.3, -0.25) is 4.79 Å². The smallest absolute Gasteiger partial charge is 0.341 e. The van der Waals surface area contributed by atoms with Gasteiger partial charge in [-0.05, 0) is 48.7 Å². The molecule has 0 amide bonds. The highest BCUT2D eigenvalue weighted by Gasteiger charge is 2.20. The van der Waals surface area contributed by atoms with Gasteiger partial charge in [0, 0.05) is 48.5 Å². The molecular weight excluding hydrogens is 562 g/mol. The molecular formula is C30H30ClN5O6. The highest BCUT2D eigenvalue weighted by Crippen LogP contribution is 2.33. The number of benzene rings is 2. The van der Waals surface area contributed by atoms with Gasteiger partial charge >= 0.3 is 5.97 Å². The average molecular weight is 592 g/mol. The minimum Gasteiger partial charge on any atom is -0.493 e. The first-order chi connectivity index (χ1) is 19.8. The molecule has 3 heterocycles. The predicted molar refractivity (Wildman–Crippen MR) is 161 cm³/mol. The molecule has 1 atom stereocenters. The maximum absolute atomic E-state index is 12.9. The van der Waals surface area contributed by atoms with E-state index in [1.165, 1.54) is 13.3 Å². The Morgan fingerprint density at radius 1 is 1.19 bits per heavy atom. The summed E-state index contributed by atoms with van der Waals surface area (Å²) in [5.41, 5.74) is 14.2. The number of nitrogen functional groups attached to an aromatic ring is 2. The number of halogens is 1. The maximum Gasteiger partial charge on any atom is 0.341 e. The number of methoxy groups -OCH3 is 2. The lowest BCUT2D eigenvalue weighted by molar-refractivity contribution is 0.0693. The molecule has 0 saturated carbocycles. The highest BCUT2D eigenvalue weighted by molar-refractivity contribution is 5.93. The molecule has 42 heavy (non-hydrogen) atoms. The van der Waals surface area contributed by atoms with Crippen LogP contribution in [0.15, 0.2) is 47.5 Å². The van der Waals surface area contributed by atoms with E-state index < -0.39 is 11.4 Å². The molecule has 1 aliphatic heterocycles. The van der Waals surface area contributed by atoms with Gasteiger partial charge in [-0.25, -0.2) is 9.78 Å². The lowest BCUT2D eigenvalue weighted by Gasteiger charge is -2.16. The normalized spacial score (nSPS) is 14.1. The fraction of sp³-hybridized carbons (Fsp3) is 0.267. The molecule has 0 aliphatic carbocycles. The summed E-state index contributed by atoms with van der Waals surface area (Å²) in [6.07, 6.45) is 5.13. The highest BCUT2D eigenvalue weighted by atomic mass is 35.5. The number of nitrogens with zero attached hydrogens (tertiary/aromatic N) is 3. The van der Waals surface area contributed by atoms with Crippen molar-refractivity contribution in [2.45, 2.75) is 31.9 Å². The average Bonchev–Trinajstić information content (AvgIpc) is 3.47. The number of nitrogens with two attached hydrogens (primary N) is 2. The summed E-state index contributed by atoms with van der Waals surface area (Å²) in [6.45, 7) is 1.09. The van der Waals surface area contributed by atoms with Crippen LogP contribution in [0.2, 0.25) is 0 Å². The van der Waals surface area contributed by atoms with Gasteiger partial charge in [-0.15, -0.1) is 12.4 Å². The molecule has 12 heteroatoms. The second-order valence-electron chi connectivity index (χ2n) is 9.64. The van der Waals surface area contributed by atoms with E-state index >= 15 is 0 Å². The zero-order valence-electron chi connectivity index (χ0n) is 23.0. The standard InChI is InChI=1S/C30H29N5O6.ClH/c1-39-25-13-18(11-20-14-33-30(32)34-28(20)31)10-19(27(25)40-2)7-5-17-6-8-22-24(12-17)35(15-21-4-3-9-41-21)16-23(26(22)36)29(37)38;/h6,8,10,12-14,16,21H,3-4,9,11,15H2,1-2H3,(H,37,38)(H4,31,32,33,34);1H. The second-order valence-corrected chi connectivity index (χ2v) is 9.64. The fourth-order valence-corrected chi connectivity index (χ4v) is 4.93. The van der Waals surface area contributed by atoms with Crippen molar-refractivity contribution in [3.05, 3.63) is 80.8 Å². The van der Waals surface area contributed by atoms with Crippen molar-refractivity contribution in [2.24, 2.45) is 0 Å². The largest absolute Gasteiger partial charge is 0.493 e. The Bertz CT molecular complexity index is 1770. The summed E-state index contributed by atoms with van der Waals surface area (Å²) < 4.78 is 18.7. The molecule has 218 valence electrons. The van der Waals surface area contributed by atoms with Gasteiger partial charge in [-0.1, -0.05) is 11.8 Å². The molecule has 11 nitrogen and oxygen atoms in total. The molecule has 0 bridgehead atoms. The number of rotatable bonds is 7. The van der Waals surface area contributed by atoms with Gasteiger partial charge in [0.1, 0.15) is 11.4 Å². The van der Waals surface area contributed by atoms with Gasteiger partial charge in [-0.2, -0.15) is 4.98 Å². The summed E-state index contributed by atoms with van der Waals surface area (Å²) >= 11 is 0. The first-order valence-corrected chi connectivity index (χ1v) is 12.9. The lowest BCUT2D eigenvalue weighted by Crippen LogP contribution is -2.22. The quantitative estimate of drug-likeness (QED) is 0.272. The number of carboxylic acid groups (broad SMARTS) is 1. The molecule has 2 aromatic carbocycles. The first-order valence-electron chi connectivity index (χ1n) is 12.9. The molecule has 1 aliphatic rings. The number of hydrogen-bond acceptors (Lipinski definition) is 9. The zero-order chi connectivity index (χ0) is 29.1. The van der Waals surface area contributed by atoms with Gasteiger partial charge < -0.3 is 35.4 Å². The minimum atomic E-state index is -1.27. The Labute approximate surface area is 247 Å². The van der Waals surface area contributed by atoms with Gasteiger partial charge in [0.05, 0.1) is 31.4 Å². The number of fused-ring (bicyclic) bond motifs is 1. The summed E-state index contributed by atoms with van der Waals surface area (Å²) in [5.74, 6) is 6.39. The monoisotopic (exact) mass is 591 g/mol. The van der Waals surface area contributed by atoms with Crippen molar-refractivity contribution in [3.8, 4) is 23.3 Å². The Kier molecular flexibility index (Phi) is 9.20. The maximum atomic E-state index is 12.9. The number of pyridine rings is 1. The van der Waals surface area contributed by atoms with Gasteiger partial charge in [0.15, 0.2) is 11.5 Å².